The molecule has 1 N–H and O–H groups in total. The zero-order valence-corrected chi connectivity index (χ0v) is 13.3. The maximum absolute atomic E-state index is 12.6. The molecule has 3 rings (SSSR count). The van der Waals surface area contributed by atoms with Crippen molar-refractivity contribution in [3.8, 4) is 11.5 Å². The number of nitrogens with zero attached hydrogens (tertiary/aromatic N) is 1. The molecule has 0 aliphatic rings. The SMILES string of the molecule is COc1ccc(NC(=O)c2cccc3ccn(C)c23)cc1OC. The van der Waals surface area contributed by atoms with Crippen molar-refractivity contribution in [2.45, 2.75) is 0 Å². The maximum Gasteiger partial charge on any atom is 0.257 e. The zero-order chi connectivity index (χ0) is 16.4. The van der Waals surface area contributed by atoms with Crippen LogP contribution < -0.4 is 14.8 Å². The normalized spacial score (nSPS) is 10.6. The summed E-state index contributed by atoms with van der Waals surface area (Å²) >= 11 is 0. The van der Waals surface area contributed by atoms with E-state index in [-0.39, 0.29) is 5.91 Å². The van der Waals surface area contributed by atoms with Gasteiger partial charge in [-0.2, -0.15) is 0 Å². The van der Waals surface area contributed by atoms with Crippen molar-refractivity contribution >= 4 is 22.5 Å². The standard InChI is InChI=1S/C18H18N2O3/c1-20-10-9-12-5-4-6-14(17(12)20)18(21)19-13-7-8-15(22-2)16(11-13)23-3/h4-11H,1-3H3,(H,19,21). The molecule has 2 aromatic carbocycles. The van der Waals surface area contributed by atoms with Gasteiger partial charge >= 0.3 is 0 Å². The molecule has 0 atom stereocenters. The second kappa shape index (κ2) is 6.04. The highest BCUT2D eigenvalue weighted by Crippen LogP contribution is 2.30. The van der Waals surface area contributed by atoms with E-state index in [1.54, 1.807) is 32.4 Å². The molecule has 0 fully saturated rings. The topological polar surface area (TPSA) is 52.5 Å². The summed E-state index contributed by atoms with van der Waals surface area (Å²) in [7, 11) is 5.07. The molecule has 0 saturated heterocycles. The van der Waals surface area contributed by atoms with Crippen molar-refractivity contribution in [3.05, 3.63) is 54.2 Å². The van der Waals surface area contributed by atoms with E-state index in [4.69, 9.17) is 9.47 Å². The molecule has 0 aliphatic carbocycles. The average Bonchev–Trinajstić information content (AvgIpc) is 2.96. The minimum atomic E-state index is -0.162. The number of nitrogens with one attached hydrogen (secondary N) is 1. The van der Waals surface area contributed by atoms with Gasteiger partial charge in [-0.25, -0.2) is 0 Å². The van der Waals surface area contributed by atoms with Crippen molar-refractivity contribution in [1.82, 2.24) is 4.57 Å². The molecule has 1 amide bonds. The van der Waals surface area contributed by atoms with Gasteiger partial charge in [0.15, 0.2) is 11.5 Å². The highest BCUT2D eigenvalue weighted by molar-refractivity contribution is 6.12. The van der Waals surface area contributed by atoms with Crippen molar-refractivity contribution in [1.29, 1.82) is 0 Å². The van der Waals surface area contributed by atoms with Crippen LogP contribution in [0, 0.1) is 0 Å². The Morgan fingerprint density at radius 3 is 2.57 bits per heavy atom. The first kappa shape index (κ1) is 15.0. The predicted molar refractivity (Wildman–Crippen MR) is 90.4 cm³/mol. The van der Waals surface area contributed by atoms with Gasteiger partial charge in [-0.3, -0.25) is 4.79 Å². The van der Waals surface area contributed by atoms with Gasteiger partial charge in [-0.15, -0.1) is 0 Å². The molecule has 0 unspecified atom stereocenters. The third-order valence-electron chi connectivity index (χ3n) is 3.78. The molecule has 1 heterocycles. The van der Waals surface area contributed by atoms with Crippen LogP contribution in [0.1, 0.15) is 10.4 Å². The Bertz CT molecular complexity index is 868. The number of aryl methyl sites for hydroxylation is 1. The molecule has 118 valence electrons. The quantitative estimate of drug-likeness (QED) is 0.803. The lowest BCUT2D eigenvalue weighted by atomic mass is 10.1. The zero-order valence-electron chi connectivity index (χ0n) is 13.3. The predicted octanol–water partition coefficient (Wildman–Crippen LogP) is 3.45. The number of amides is 1. The number of carbonyl (C=O) groups excluding carboxylic acids is 1. The van der Waals surface area contributed by atoms with Crippen LogP contribution in [0.4, 0.5) is 5.69 Å². The molecule has 0 aliphatic heterocycles. The third kappa shape index (κ3) is 2.73. The summed E-state index contributed by atoms with van der Waals surface area (Å²) < 4.78 is 12.4. The molecule has 0 radical (unpaired) electrons. The number of rotatable bonds is 4. The fraction of sp³-hybridized carbons (Fsp3) is 0.167. The van der Waals surface area contributed by atoms with E-state index in [2.05, 4.69) is 5.32 Å². The van der Waals surface area contributed by atoms with Crippen LogP contribution in [-0.2, 0) is 7.05 Å². The fourth-order valence-electron chi connectivity index (χ4n) is 2.65. The first-order chi connectivity index (χ1) is 11.1. The summed E-state index contributed by atoms with van der Waals surface area (Å²) in [6.07, 6.45) is 1.94. The smallest absolute Gasteiger partial charge is 0.257 e. The lowest BCUT2D eigenvalue weighted by Gasteiger charge is -2.11. The molecular formula is C18H18N2O3. The monoisotopic (exact) mass is 310 g/mol. The molecule has 0 spiro atoms. The molecule has 5 nitrogen and oxygen atoms in total. The van der Waals surface area contributed by atoms with Crippen LogP contribution in [0.5, 0.6) is 11.5 Å². The molecule has 3 aromatic rings. The van der Waals surface area contributed by atoms with Gasteiger partial charge in [0.1, 0.15) is 0 Å². The Morgan fingerprint density at radius 2 is 1.83 bits per heavy atom. The van der Waals surface area contributed by atoms with E-state index < -0.39 is 0 Å². The maximum atomic E-state index is 12.6. The van der Waals surface area contributed by atoms with Crippen LogP contribution in [0.2, 0.25) is 0 Å². The van der Waals surface area contributed by atoms with Gasteiger partial charge in [-0.05, 0) is 24.3 Å². The molecule has 23 heavy (non-hydrogen) atoms. The molecular weight excluding hydrogens is 292 g/mol. The Kier molecular flexibility index (Phi) is 3.93. The van der Waals surface area contributed by atoms with Gasteiger partial charge < -0.3 is 19.4 Å². The fourth-order valence-corrected chi connectivity index (χ4v) is 2.65. The van der Waals surface area contributed by atoms with Crippen molar-refractivity contribution in [2.24, 2.45) is 7.05 Å². The second-order valence-electron chi connectivity index (χ2n) is 5.19. The Hall–Kier alpha value is -2.95. The second-order valence-corrected chi connectivity index (χ2v) is 5.19. The van der Waals surface area contributed by atoms with E-state index in [1.165, 1.54) is 0 Å². The van der Waals surface area contributed by atoms with E-state index in [1.807, 2.05) is 42.1 Å². The Morgan fingerprint density at radius 1 is 1.04 bits per heavy atom. The van der Waals surface area contributed by atoms with E-state index in [0.29, 0.717) is 22.7 Å². The van der Waals surface area contributed by atoms with Gasteiger partial charge in [0, 0.05) is 30.4 Å². The van der Waals surface area contributed by atoms with Crippen LogP contribution in [0.25, 0.3) is 10.9 Å². The number of para-hydroxylation sites is 1. The van der Waals surface area contributed by atoms with E-state index in [0.717, 1.165) is 10.9 Å². The number of benzene rings is 2. The Labute approximate surface area is 134 Å². The van der Waals surface area contributed by atoms with Crippen molar-refractivity contribution < 1.29 is 14.3 Å². The number of fused-ring (bicyclic) bond motifs is 1. The lowest BCUT2D eigenvalue weighted by Crippen LogP contribution is -2.13. The summed E-state index contributed by atoms with van der Waals surface area (Å²) in [6, 6.07) is 13.0. The summed E-state index contributed by atoms with van der Waals surface area (Å²) in [6.45, 7) is 0. The summed E-state index contributed by atoms with van der Waals surface area (Å²) in [5.41, 5.74) is 2.19. The number of anilines is 1. The van der Waals surface area contributed by atoms with Gasteiger partial charge in [-0.1, -0.05) is 12.1 Å². The first-order valence-electron chi connectivity index (χ1n) is 7.21. The molecule has 0 bridgehead atoms. The molecule has 1 aromatic heterocycles. The van der Waals surface area contributed by atoms with Gasteiger partial charge in [0.05, 0.1) is 25.3 Å². The minimum absolute atomic E-state index is 0.162. The first-order valence-corrected chi connectivity index (χ1v) is 7.21. The van der Waals surface area contributed by atoms with Crippen molar-refractivity contribution in [2.75, 3.05) is 19.5 Å². The molecule has 0 saturated carbocycles. The third-order valence-corrected chi connectivity index (χ3v) is 3.78. The highest BCUT2D eigenvalue weighted by Gasteiger charge is 2.13. The number of carbonyl (C=O) groups is 1. The Balaban J connectivity index is 1.93. The lowest BCUT2D eigenvalue weighted by molar-refractivity contribution is 0.102. The average molecular weight is 310 g/mol. The number of hydrogen-bond donors (Lipinski definition) is 1. The van der Waals surface area contributed by atoms with E-state index in [9.17, 15) is 4.79 Å². The van der Waals surface area contributed by atoms with Crippen molar-refractivity contribution in [3.63, 3.8) is 0 Å². The number of ether oxygens (including phenoxy) is 2. The summed E-state index contributed by atoms with van der Waals surface area (Å²) in [5, 5.41) is 3.94. The minimum Gasteiger partial charge on any atom is -0.493 e. The van der Waals surface area contributed by atoms with Crippen LogP contribution >= 0.6 is 0 Å². The summed E-state index contributed by atoms with van der Waals surface area (Å²) in [4.78, 5) is 12.6. The summed E-state index contributed by atoms with van der Waals surface area (Å²) in [5.74, 6) is 1.03. The van der Waals surface area contributed by atoms with E-state index >= 15 is 0 Å². The number of methoxy groups -OCH3 is 2. The largest absolute Gasteiger partial charge is 0.493 e. The van der Waals surface area contributed by atoms with Crippen LogP contribution in [-0.4, -0.2) is 24.7 Å². The van der Waals surface area contributed by atoms with Gasteiger partial charge in [0.2, 0.25) is 0 Å². The van der Waals surface area contributed by atoms with Crippen LogP contribution in [0.3, 0.4) is 0 Å². The molecule has 5 heteroatoms. The number of hydrogen-bond acceptors (Lipinski definition) is 3. The number of aromatic nitrogens is 1. The van der Waals surface area contributed by atoms with Crippen LogP contribution in [0.15, 0.2) is 48.7 Å². The highest BCUT2D eigenvalue weighted by atomic mass is 16.5. The van der Waals surface area contributed by atoms with Gasteiger partial charge in [0.25, 0.3) is 5.91 Å².